The molecule has 1 rings (SSSR count). The van der Waals surface area contributed by atoms with E-state index < -0.39 is 15.4 Å². The molecule has 1 saturated heterocycles. The Morgan fingerprint density at radius 1 is 1.42 bits per heavy atom. The van der Waals surface area contributed by atoms with Gasteiger partial charge in [-0.3, -0.25) is 10.2 Å². The Labute approximate surface area is 116 Å². The topological polar surface area (TPSA) is 73.2 Å². The highest BCUT2D eigenvalue weighted by molar-refractivity contribution is 7.91. The molecule has 5 nitrogen and oxygen atoms in total. The van der Waals surface area contributed by atoms with E-state index in [9.17, 15) is 13.7 Å². The first-order chi connectivity index (χ1) is 8.82. The zero-order valence-corrected chi connectivity index (χ0v) is 13.0. The van der Waals surface area contributed by atoms with Crippen LogP contribution in [-0.4, -0.2) is 56.0 Å². The molecule has 1 fully saturated rings. The first kappa shape index (κ1) is 16.4. The van der Waals surface area contributed by atoms with Crippen LogP contribution in [0.15, 0.2) is 0 Å². The molecule has 0 saturated carbocycles. The molecule has 1 N–H and O–H groups in total. The van der Waals surface area contributed by atoms with Crippen molar-refractivity contribution in [3.8, 4) is 6.07 Å². The van der Waals surface area contributed by atoms with E-state index in [-0.39, 0.29) is 17.5 Å². The molecular weight excluding hydrogens is 262 g/mol. The maximum atomic E-state index is 11.4. The maximum absolute atomic E-state index is 11.4. The van der Waals surface area contributed by atoms with Crippen molar-refractivity contribution in [2.24, 2.45) is 0 Å². The molecule has 6 heteroatoms. The van der Waals surface area contributed by atoms with Crippen molar-refractivity contribution in [3.05, 3.63) is 0 Å². The number of nitrogens with zero attached hydrogens (tertiary/aromatic N) is 2. The monoisotopic (exact) mass is 287 g/mol. The minimum Gasteiger partial charge on any atom is -0.300 e. The molecular formula is C13H25N3O2S. The first-order valence-corrected chi connectivity index (χ1v) is 8.75. The van der Waals surface area contributed by atoms with Gasteiger partial charge in [-0.25, -0.2) is 8.42 Å². The quantitative estimate of drug-likeness (QED) is 0.781. The molecule has 2 atom stereocenters. The Balaban J connectivity index is 2.54. The first-order valence-electron chi connectivity index (χ1n) is 6.92. The van der Waals surface area contributed by atoms with Crippen molar-refractivity contribution >= 4 is 9.84 Å². The van der Waals surface area contributed by atoms with E-state index in [1.54, 1.807) is 0 Å². The van der Waals surface area contributed by atoms with Gasteiger partial charge in [-0.2, -0.15) is 5.26 Å². The van der Waals surface area contributed by atoms with E-state index in [1.807, 2.05) is 6.92 Å². The van der Waals surface area contributed by atoms with Crippen LogP contribution in [0.2, 0.25) is 0 Å². The lowest BCUT2D eigenvalue weighted by Crippen LogP contribution is -2.50. The number of hydrogen-bond donors (Lipinski definition) is 1. The fourth-order valence-electron chi connectivity index (χ4n) is 2.45. The second-order valence-corrected chi connectivity index (χ2v) is 7.92. The molecule has 0 radical (unpaired) electrons. The predicted octanol–water partition coefficient (Wildman–Crippen LogP) is 0.777. The molecule has 1 heterocycles. The van der Waals surface area contributed by atoms with Gasteiger partial charge >= 0.3 is 0 Å². The second kappa shape index (κ2) is 6.69. The van der Waals surface area contributed by atoms with Gasteiger partial charge in [-0.15, -0.1) is 0 Å². The summed E-state index contributed by atoms with van der Waals surface area (Å²) in [7, 11) is -2.83. The van der Waals surface area contributed by atoms with Crippen LogP contribution < -0.4 is 5.32 Å². The zero-order chi connectivity index (χ0) is 14.5. The molecule has 19 heavy (non-hydrogen) atoms. The predicted molar refractivity (Wildman–Crippen MR) is 76.6 cm³/mol. The van der Waals surface area contributed by atoms with Gasteiger partial charge in [0.2, 0.25) is 0 Å². The molecule has 0 spiro atoms. The van der Waals surface area contributed by atoms with E-state index in [2.05, 4.69) is 30.1 Å². The van der Waals surface area contributed by atoms with Crippen molar-refractivity contribution in [1.82, 2.24) is 10.2 Å². The molecule has 0 bridgehead atoms. The van der Waals surface area contributed by atoms with E-state index in [4.69, 9.17) is 0 Å². The fourth-order valence-corrected chi connectivity index (χ4v) is 3.67. The molecule has 0 aromatic heterocycles. The zero-order valence-electron chi connectivity index (χ0n) is 12.1. The highest BCUT2D eigenvalue weighted by atomic mass is 32.2. The Morgan fingerprint density at radius 3 is 2.47 bits per heavy atom. The number of rotatable bonds is 6. The summed E-state index contributed by atoms with van der Waals surface area (Å²) in [5, 5.41) is 12.6. The lowest BCUT2D eigenvalue weighted by atomic mass is 9.94. The Morgan fingerprint density at radius 2 is 2.00 bits per heavy atom. The van der Waals surface area contributed by atoms with Gasteiger partial charge in [0.25, 0.3) is 0 Å². The van der Waals surface area contributed by atoms with Crippen LogP contribution in [0.25, 0.3) is 0 Å². The minimum absolute atomic E-state index is 0.213. The molecule has 1 aliphatic rings. The van der Waals surface area contributed by atoms with Gasteiger partial charge in [0.05, 0.1) is 17.6 Å². The van der Waals surface area contributed by atoms with E-state index >= 15 is 0 Å². The van der Waals surface area contributed by atoms with Crippen LogP contribution in [0.5, 0.6) is 0 Å². The molecule has 0 aromatic carbocycles. The van der Waals surface area contributed by atoms with Crippen LogP contribution in [-0.2, 0) is 9.84 Å². The molecule has 2 unspecified atom stereocenters. The summed E-state index contributed by atoms with van der Waals surface area (Å²) in [6, 6.07) is 2.56. The van der Waals surface area contributed by atoms with Crippen molar-refractivity contribution in [2.75, 3.05) is 31.1 Å². The van der Waals surface area contributed by atoms with Crippen LogP contribution in [0.1, 0.15) is 33.6 Å². The number of sulfone groups is 1. The standard InChI is InChI=1S/C13H25N3O2S/c1-4-5-15-13(3,11-14)10-12(2)16-6-8-19(17,18)9-7-16/h12,15H,4-10H2,1-3H3. The van der Waals surface area contributed by atoms with Crippen LogP contribution in [0, 0.1) is 11.3 Å². The van der Waals surface area contributed by atoms with Gasteiger partial charge in [0, 0.05) is 19.1 Å². The molecule has 0 aliphatic carbocycles. The van der Waals surface area contributed by atoms with Crippen molar-refractivity contribution in [3.63, 3.8) is 0 Å². The Hall–Kier alpha value is -0.640. The summed E-state index contributed by atoms with van der Waals surface area (Å²) in [4.78, 5) is 2.17. The van der Waals surface area contributed by atoms with E-state index in [0.717, 1.165) is 13.0 Å². The van der Waals surface area contributed by atoms with Crippen LogP contribution >= 0.6 is 0 Å². The van der Waals surface area contributed by atoms with Gasteiger partial charge < -0.3 is 0 Å². The highest BCUT2D eigenvalue weighted by Gasteiger charge is 2.31. The van der Waals surface area contributed by atoms with Crippen molar-refractivity contribution < 1.29 is 8.42 Å². The Kier molecular flexibility index (Phi) is 5.78. The fraction of sp³-hybridized carbons (Fsp3) is 0.923. The minimum atomic E-state index is -2.83. The van der Waals surface area contributed by atoms with Gasteiger partial charge in [-0.05, 0) is 33.2 Å². The summed E-state index contributed by atoms with van der Waals surface area (Å²) in [6.07, 6.45) is 1.71. The normalized spacial score (nSPS) is 24.3. The molecule has 110 valence electrons. The number of nitriles is 1. The smallest absolute Gasteiger partial charge is 0.152 e. The number of hydrogen-bond acceptors (Lipinski definition) is 5. The van der Waals surface area contributed by atoms with Gasteiger partial charge in [0.1, 0.15) is 5.54 Å². The molecule has 1 aliphatic heterocycles. The Bertz CT molecular complexity index is 416. The van der Waals surface area contributed by atoms with Crippen LogP contribution in [0.4, 0.5) is 0 Å². The van der Waals surface area contributed by atoms with E-state index in [0.29, 0.717) is 19.5 Å². The lowest BCUT2D eigenvalue weighted by molar-refractivity contribution is 0.189. The summed E-state index contributed by atoms with van der Waals surface area (Å²) < 4.78 is 22.8. The van der Waals surface area contributed by atoms with Gasteiger partial charge in [-0.1, -0.05) is 6.92 Å². The average molecular weight is 287 g/mol. The third-order valence-electron chi connectivity index (χ3n) is 3.72. The largest absolute Gasteiger partial charge is 0.300 e. The highest BCUT2D eigenvalue weighted by Crippen LogP contribution is 2.18. The summed E-state index contributed by atoms with van der Waals surface area (Å²) in [5.74, 6) is 0.478. The van der Waals surface area contributed by atoms with Crippen LogP contribution in [0.3, 0.4) is 0 Å². The summed E-state index contributed by atoms with van der Waals surface area (Å²) >= 11 is 0. The van der Waals surface area contributed by atoms with Gasteiger partial charge in [0.15, 0.2) is 9.84 Å². The molecule has 0 amide bonds. The lowest BCUT2D eigenvalue weighted by Gasteiger charge is -2.36. The van der Waals surface area contributed by atoms with E-state index in [1.165, 1.54) is 0 Å². The summed E-state index contributed by atoms with van der Waals surface area (Å²) in [5.41, 5.74) is -0.536. The van der Waals surface area contributed by atoms with Crippen molar-refractivity contribution in [1.29, 1.82) is 5.26 Å². The SMILES string of the molecule is CCCNC(C)(C#N)CC(C)N1CCS(=O)(=O)CC1. The second-order valence-electron chi connectivity index (χ2n) is 5.61. The summed E-state index contributed by atoms with van der Waals surface area (Å²) in [6.45, 7) is 8.05. The molecule has 0 aromatic rings. The third kappa shape index (κ3) is 5.09. The third-order valence-corrected chi connectivity index (χ3v) is 5.33. The average Bonchev–Trinajstić information content (AvgIpc) is 2.36. The maximum Gasteiger partial charge on any atom is 0.152 e. The van der Waals surface area contributed by atoms with Crippen molar-refractivity contribution in [2.45, 2.75) is 45.2 Å². The number of nitrogens with one attached hydrogen (secondary N) is 1.